The van der Waals surface area contributed by atoms with Gasteiger partial charge in [0.25, 0.3) is 0 Å². The molecule has 0 saturated heterocycles. The van der Waals surface area contributed by atoms with Gasteiger partial charge in [0.15, 0.2) is 0 Å². The van der Waals surface area contributed by atoms with E-state index < -0.39 is 8.07 Å². The van der Waals surface area contributed by atoms with Crippen molar-refractivity contribution in [2.45, 2.75) is 80.3 Å². The fourth-order valence-corrected chi connectivity index (χ4v) is 8.72. The molecule has 2 heteroatoms. The summed E-state index contributed by atoms with van der Waals surface area (Å²) in [5.74, 6) is 1.67. The monoisotopic (exact) mass is 370 g/mol. The molecule has 26 heavy (non-hydrogen) atoms. The highest BCUT2D eigenvalue weighted by atomic mass is 28.3. The lowest BCUT2D eigenvalue weighted by atomic mass is 9.85. The summed E-state index contributed by atoms with van der Waals surface area (Å²) in [6.45, 7) is 23.5. The first-order valence-corrected chi connectivity index (χ1v) is 13.0. The topological polar surface area (TPSA) is 9.23 Å². The van der Waals surface area contributed by atoms with Gasteiger partial charge in [0.1, 0.15) is 13.8 Å². The van der Waals surface area contributed by atoms with Crippen LogP contribution in [0, 0.1) is 5.92 Å². The van der Waals surface area contributed by atoms with Gasteiger partial charge in [-0.3, -0.25) is 0 Å². The fraction of sp³-hybridized carbons (Fsp3) is 0.583. The average molecular weight is 371 g/mol. The molecule has 1 aliphatic rings. The Morgan fingerprint density at radius 1 is 1.04 bits per heavy atom. The van der Waals surface area contributed by atoms with E-state index in [1.54, 1.807) is 10.8 Å². The summed E-state index contributed by atoms with van der Waals surface area (Å²) in [7, 11) is -0.0211. The van der Waals surface area contributed by atoms with Crippen LogP contribution in [0.4, 0.5) is 0 Å². The Bertz CT molecular complexity index is 772. The van der Waals surface area contributed by atoms with E-state index in [1.807, 2.05) is 7.11 Å². The maximum Gasteiger partial charge on any atom is 0.122 e. The molecule has 1 nitrogen and oxygen atoms in total. The number of aryl methyl sites for hydroxylation is 1. The van der Waals surface area contributed by atoms with Crippen LogP contribution in [0.25, 0.3) is 0 Å². The van der Waals surface area contributed by atoms with Crippen LogP contribution in [0.1, 0.15) is 66.5 Å². The summed E-state index contributed by atoms with van der Waals surface area (Å²) in [6.07, 6.45) is 1.06. The summed E-state index contributed by atoms with van der Waals surface area (Å²) in [6, 6.07) is 4.80. The predicted molar refractivity (Wildman–Crippen MR) is 118 cm³/mol. The number of hydrogen-bond acceptors (Lipinski definition) is 1. The van der Waals surface area contributed by atoms with E-state index in [-0.39, 0.29) is 5.41 Å². The van der Waals surface area contributed by atoms with Gasteiger partial charge in [0.05, 0.1) is 7.11 Å². The van der Waals surface area contributed by atoms with Gasteiger partial charge in [-0.05, 0) is 60.4 Å². The average Bonchev–Trinajstić information content (AvgIpc) is 2.76. The summed E-state index contributed by atoms with van der Waals surface area (Å²) in [4.78, 5) is 0. The maximum absolute atomic E-state index is 6.07. The van der Waals surface area contributed by atoms with E-state index >= 15 is 0 Å². The maximum atomic E-state index is 6.07. The molecule has 0 spiro atoms. The molecule has 0 radical (unpaired) electrons. The van der Waals surface area contributed by atoms with E-state index in [4.69, 9.17) is 4.74 Å². The Hall–Kier alpha value is -1.28. The van der Waals surface area contributed by atoms with Crippen molar-refractivity contribution in [1.82, 2.24) is 0 Å². The molecule has 1 aromatic rings. The molecular formula is C24H38OSi. The SMILES string of the molecule is CCc1cc(C(C)(C)C)c(OC)c([Si](C)(C)C2=C(C)C(C)=C(C)C2C)c1. The number of allylic oxidation sites excluding steroid dienone is 4. The Balaban J connectivity index is 2.79. The van der Waals surface area contributed by atoms with Crippen LogP contribution in [-0.4, -0.2) is 15.2 Å². The minimum Gasteiger partial charge on any atom is -0.497 e. The Morgan fingerprint density at radius 2 is 1.62 bits per heavy atom. The second-order valence-electron chi connectivity index (χ2n) is 9.52. The van der Waals surface area contributed by atoms with E-state index in [0.29, 0.717) is 5.92 Å². The van der Waals surface area contributed by atoms with Crippen LogP contribution in [0.5, 0.6) is 5.75 Å². The van der Waals surface area contributed by atoms with Gasteiger partial charge in [-0.1, -0.05) is 76.2 Å². The quantitative estimate of drug-likeness (QED) is 0.564. The van der Waals surface area contributed by atoms with Crippen LogP contribution >= 0.6 is 0 Å². The number of methoxy groups -OCH3 is 1. The predicted octanol–water partition coefficient (Wildman–Crippen LogP) is 6.31. The fourth-order valence-electron chi connectivity index (χ4n) is 4.65. The molecule has 2 rings (SSSR count). The largest absolute Gasteiger partial charge is 0.497 e. The van der Waals surface area contributed by atoms with E-state index in [2.05, 4.69) is 80.6 Å². The molecule has 1 unspecified atom stereocenters. The van der Waals surface area contributed by atoms with Gasteiger partial charge in [-0.15, -0.1) is 0 Å². The van der Waals surface area contributed by atoms with Crippen molar-refractivity contribution in [1.29, 1.82) is 0 Å². The third kappa shape index (κ3) is 3.33. The summed E-state index contributed by atoms with van der Waals surface area (Å²) in [5.41, 5.74) is 7.41. The molecule has 0 aromatic heterocycles. The zero-order valence-corrected chi connectivity index (χ0v) is 19.8. The third-order valence-electron chi connectivity index (χ3n) is 6.56. The highest BCUT2D eigenvalue weighted by Crippen LogP contribution is 2.43. The molecular weight excluding hydrogens is 332 g/mol. The third-order valence-corrected chi connectivity index (χ3v) is 10.4. The first-order valence-electron chi connectivity index (χ1n) is 9.98. The first kappa shape index (κ1) is 21.0. The number of benzene rings is 1. The Morgan fingerprint density at radius 3 is 2.00 bits per heavy atom. The molecule has 0 bridgehead atoms. The molecule has 1 atom stereocenters. The second kappa shape index (κ2) is 7.03. The standard InChI is InChI=1S/C24H38OSi/c1-12-19-13-20(24(6,7)8)22(25-9)21(14-19)26(10,11)23-17(4)15(2)16(3)18(23)5/h13-14,17H,12H2,1-11H3. The van der Waals surface area contributed by atoms with Crippen molar-refractivity contribution < 1.29 is 4.74 Å². The highest BCUT2D eigenvalue weighted by Gasteiger charge is 2.40. The Kier molecular flexibility index (Phi) is 5.69. The van der Waals surface area contributed by atoms with Gasteiger partial charge in [-0.25, -0.2) is 0 Å². The molecule has 1 aliphatic carbocycles. The van der Waals surface area contributed by atoms with Gasteiger partial charge < -0.3 is 4.74 Å². The van der Waals surface area contributed by atoms with Gasteiger partial charge in [0, 0.05) is 0 Å². The zero-order valence-electron chi connectivity index (χ0n) is 18.8. The lowest BCUT2D eigenvalue weighted by Gasteiger charge is -2.34. The molecule has 0 saturated carbocycles. The molecule has 0 heterocycles. The van der Waals surface area contributed by atoms with Gasteiger partial charge in [-0.2, -0.15) is 0 Å². The second-order valence-corrected chi connectivity index (χ2v) is 13.8. The van der Waals surface area contributed by atoms with Crippen molar-refractivity contribution in [3.05, 3.63) is 45.2 Å². The number of rotatable bonds is 4. The van der Waals surface area contributed by atoms with Crippen molar-refractivity contribution in [2.75, 3.05) is 7.11 Å². The van der Waals surface area contributed by atoms with Crippen LogP contribution in [0.15, 0.2) is 34.0 Å². The summed E-state index contributed by atoms with van der Waals surface area (Å²) in [5, 5.41) is 3.15. The minimum absolute atomic E-state index is 0.0740. The van der Waals surface area contributed by atoms with Gasteiger partial charge in [0.2, 0.25) is 0 Å². The first-order chi connectivity index (χ1) is 11.9. The number of ether oxygens (including phenoxy) is 1. The van der Waals surface area contributed by atoms with Crippen LogP contribution in [0.3, 0.4) is 0 Å². The van der Waals surface area contributed by atoms with Crippen LogP contribution in [-0.2, 0) is 11.8 Å². The molecule has 0 aliphatic heterocycles. The zero-order chi connectivity index (χ0) is 20.0. The van der Waals surface area contributed by atoms with E-state index in [1.165, 1.54) is 27.5 Å². The van der Waals surface area contributed by atoms with Crippen molar-refractivity contribution in [3.8, 4) is 5.75 Å². The highest BCUT2D eigenvalue weighted by molar-refractivity contribution is 6.96. The minimum atomic E-state index is -1.87. The van der Waals surface area contributed by atoms with Crippen molar-refractivity contribution in [3.63, 3.8) is 0 Å². The summed E-state index contributed by atoms with van der Waals surface area (Å²) < 4.78 is 6.07. The van der Waals surface area contributed by atoms with Gasteiger partial charge >= 0.3 is 0 Å². The van der Waals surface area contributed by atoms with E-state index in [0.717, 1.165) is 12.2 Å². The lowest BCUT2D eigenvalue weighted by molar-refractivity contribution is 0.400. The van der Waals surface area contributed by atoms with Crippen LogP contribution in [0.2, 0.25) is 13.1 Å². The van der Waals surface area contributed by atoms with Crippen molar-refractivity contribution >= 4 is 13.3 Å². The van der Waals surface area contributed by atoms with Crippen molar-refractivity contribution in [2.24, 2.45) is 5.92 Å². The normalized spacial score (nSPS) is 18.8. The smallest absolute Gasteiger partial charge is 0.122 e. The molecule has 0 N–H and O–H groups in total. The summed E-state index contributed by atoms with van der Waals surface area (Å²) >= 11 is 0. The van der Waals surface area contributed by atoms with E-state index in [9.17, 15) is 0 Å². The van der Waals surface area contributed by atoms with Crippen LogP contribution < -0.4 is 9.92 Å². The molecule has 0 amide bonds. The lowest BCUT2D eigenvalue weighted by Crippen LogP contribution is -2.47. The number of hydrogen-bond donors (Lipinski definition) is 0. The molecule has 1 aromatic carbocycles. The Labute approximate surface area is 162 Å². The molecule has 144 valence electrons. The molecule has 0 fully saturated rings.